The van der Waals surface area contributed by atoms with Crippen molar-refractivity contribution in [2.75, 3.05) is 18.0 Å². The molecule has 6 nitrogen and oxygen atoms in total. The summed E-state index contributed by atoms with van der Waals surface area (Å²) in [4.78, 5) is 6.76. The third-order valence-corrected chi connectivity index (χ3v) is 5.67. The van der Waals surface area contributed by atoms with Crippen molar-refractivity contribution in [2.24, 2.45) is 7.05 Å². The highest BCUT2D eigenvalue weighted by Crippen LogP contribution is 2.34. The van der Waals surface area contributed by atoms with Crippen molar-refractivity contribution >= 4 is 27.5 Å². The number of hydrogen-bond acceptors (Lipinski definition) is 5. The summed E-state index contributed by atoms with van der Waals surface area (Å²) in [5, 5.41) is 19.9. The van der Waals surface area contributed by atoms with Crippen LogP contribution in [0.3, 0.4) is 0 Å². The Labute approximate surface area is 173 Å². The highest BCUT2D eigenvalue weighted by molar-refractivity contribution is 5.90. The number of benzene rings is 2. The van der Waals surface area contributed by atoms with Crippen LogP contribution in [0.5, 0.6) is 5.75 Å². The van der Waals surface area contributed by atoms with E-state index in [0.717, 1.165) is 29.5 Å². The number of piperazine rings is 1. The minimum absolute atomic E-state index is 0.0777. The standard InChI is InChI=1S/C23H24FN5O/c1-13-10-29(11-14(2)25-13)17-6-15-4-5-20(26-23(15)19(24)8-17)18-7-16-12-28(3)27-21(16)9-22(18)30/h4-9,12-14,25,30H,10-11H2,1-3H3/t13-,14-/m1/s1. The van der Waals surface area contributed by atoms with Crippen LogP contribution in [0.2, 0.25) is 0 Å². The molecule has 0 aliphatic carbocycles. The van der Waals surface area contributed by atoms with E-state index in [1.165, 1.54) is 0 Å². The van der Waals surface area contributed by atoms with Crippen LogP contribution in [0.1, 0.15) is 13.8 Å². The van der Waals surface area contributed by atoms with Gasteiger partial charge in [-0.15, -0.1) is 0 Å². The van der Waals surface area contributed by atoms with Crippen molar-refractivity contribution in [3.8, 4) is 17.0 Å². The number of anilines is 1. The van der Waals surface area contributed by atoms with E-state index in [2.05, 4.69) is 34.1 Å². The van der Waals surface area contributed by atoms with E-state index in [-0.39, 0.29) is 11.6 Å². The molecule has 7 heteroatoms. The molecule has 5 rings (SSSR count). The molecule has 1 saturated heterocycles. The molecule has 0 spiro atoms. The second kappa shape index (κ2) is 6.95. The zero-order chi connectivity index (χ0) is 21.0. The Bertz CT molecular complexity index is 1260. The monoisotopic (exact) mass is 405 g/mol. The first-order valence-electron chi connectivity index (χ1n) is 10.2. The Morgan fingerprint density at radius 2 is 1.83 bits per heavy atom. The van der Waals surface area contributed by atoms with Crippen LogP contribution in [-0.4, -0.2) is 45.0 Å². The summed E-state index contributed by atoms with van der Waals surface area (Å²) >= 11 is 0. The zero-order valence-corrected chi connectivity index (χ0v) is 17.2. The molecule has 2 aromatic heterocycles. The quantitative estimate of drug-likeness (QED) is 0.531. The van der Waals surface area contributed by atoms with Gasteiger partial charge in [0.25, 0.3) is 0 Å². The van der Waals surface area contributed by atoms with Gasteiger partial charge in [0.2, 0.25) is 0 Å². The number of nitrogens with zero attached hydrogens (tertiary/aromatic N) is 4. The molecule has 0 radical (unpaired) electrons. The van der Waals surface area contributed by atoms with Gasteiger partial charge in [-0.25, -0.2) is 9.37 Å². The van der Waals surface area contributed by atoms with E-state index in [1.54, 1.807) is 16.8 Å². The van der Waals surface area contributed by atoms with Crippen LogP contribution in [0, 0.1) is 5.82 Å². The molecule has 2 N–H and O–H groups in total. The van der Waals surface area contributed by atoms with Crippen LogP contribution >= 0.6 is 0 Å². The van der Waals surface area contributed by atoms with Crippen molar-refractivity contribution in [3.63, 3.8) is 0 Å². The van der Waals surface area contributed by atoms with Crippen molar-refractivity contribution in [2.45, 2.75) is 25.9 Å². The number of aromatic nitrogens is 3. The van der Waals surface area contributed by atoms with Crippen molar-refractivity contribution in [1.82, 2.24) is 20.1 Å². The molecule has 3 heterocycles. The van der Waals surface area contributed by atoms with Gasteiger partial charge in [0.15, 0.2) is 5.82 Å². The lowest BCUT2D eigenvalue weighted by Gasteiger charge is -2.37. The van der Waals surface area contributed by atoms with Crippen molar-refractivity contribution < 1.29 is 9.50 Å². The minimum Gasteiger partial charge on any atom is -0.507 e. The fourth-order valence-electron chi connectivity index (χ4n) is 4.44. The summed E-state index contributed by atoms with van der Waals surface area (Å²) in [6.45, 7) is 5.94. The fourth-order valence-corrected chi connectivity index (χ4v) is 4.44. The smallest absolute Gasteiger partial charge is 0.151 e. The van der Waals surface area contributed by atoms with E-state index < -0.39 is 0 Å². The van der Waals surface area contributed by atoms with E-state index in [9.17, 15) is 5.11 Å². The maximum Gasteiger partial charge on any atom is 0.151 e. The van der Waals surface area contributed by atoms with Crippen LogP contribution in [0.15, 0.2) is 42.6 Å². The molecule has 1 aliphatic rings. The highest BCUT2D eigenvalue weighted by Gasteiger charge is 2.22. The number of fused-ring (bicyclic) bond motifs is 2. The molecular weight excluding hydrogens is 381 g/mol. The summed E-state index contributed by atoms with van der Waals surface area (Å²) < 4.78 is 16.8. The Morgan fingerprint density at radius 3 is 2.60 bits per heavy atom. The van der Waals surface area contributed by atoms with Gasteiger partial charge in [-0.1, -0.05) is 6.07 Å². The largest absolute Gasteiger partial charge is 0.507 e. The number of pyridine rings is 1. The van der Waals surface area contributed by atoms with Crippen LogP contribution < -0.4 is 10.2 Å². The molecule has 0 saturated carbocycles. The summed E-state index contributed by atoms with van der Waals surface area (Å²) in [6.07, 6.45) is 1.88. The molecule has 2 atom stereocenters. The number of rotatable bonds is 2. The Kier molecular flexibility index (Phi) is 4.36. The first-order valence-corrected chi connectivity index (χ1v) is 10.2. The second-order valence-corrected chi connectivity index (χ2v) is 8.30. The number of aryl methyl sites for hydroxylation is 1. The lowest BCUT2D eigenvalue weighted by Crippen LogP contribution is -2.54. The predicted octanol–water partition coefficient (Wildman–Crippen LogP) is 3.82. The zero-order valence-electron chi connectivity index (χ0n) is 17.2. The molecule has 1 fully saturated rings. The number of halogens is 1. The molecule has 0 unspecified atom stereocenters. The molecule has 154 valence electrons. The van der Waals surface area contributed by atoms with Crippen LogP contribution in [-0.2, 0) is 7.05 Å². The second-order valence-electron chi connectivity index (χ2n) is 8.30. The molecular formula is C23H24FN5O. The van der Waals surface area contributed by atoms with Crippen molar-refractivity contribution in [3.05, 3.63) is 48.4 Å². The Hall–Kier alpha value is -3.19. The molecule has 30 heavy (non-hydrogen) atoms. The maximum absolute atomic E-state index is 15.1. The van der Waals surface area contributed by atoms with Crippen LogP contribution in [0.4, 0.5) is 10.1 Å². The average Bonchev–Trinajstić information content (AvgIpc) is 3.05. The van der Waals surface area contributed by atoms with Crippen LogP contribution in [0.25, 0.3) is 33.1 Å². The predicted molar refractivity (Wildman–Crippen MR) is 117 cm³/mol. The van der Waals surface area contributed by atoms with Crippen molar-refractivity contribution in [1.29, 1.82) is 0 Å². The minimum atomic E-state index is -0.356. The third-order valence-electron chi connectivity index (χ3n) is 5.67. The Morgan fingerprint density at radius 1 is 1.07 bits per heavy atom. The van der Waals surface area contributed by atoms with E-state index in [0.29, 0.717) is 34.4 Å². The summed E-state index contributed by atoms with van der Waals surface area (Å²) in [5.74, 6) is -0.279. The van der Waals surface area contributed by atoms with Gasteiger partial charge in [0.05, 0.1) is 11.2 Å². The molecule has 0 bridgehead atoms. The number of phenols is 1. The molecule has 4 aromatic rings. The molecule has 0 amide bonds. The fraction of sp³-hybridized carbons (Fsp3) is 0.304. The van der Waals surface area contributed by atoms with Gasteiger partial charge in [-0.2, -0.15) is 5.10 Å². The number of aromatic hydroxyl groups is 1. The summed E-state index contributed by atoms with van der Waals surface area (Å²) in [7, 11) is 1.83. The number of hydrogen-bond donors (Lipinski definition) is 2. The van der Waals surface area contributed by atoms with Gasteiger partial charge in [-0.3, -0.25) is 4.68 Å². The van der Waals surface area contributed by atoms with Gasteiger partial charge >= 0.3 is 0 Å². The molecule has 1 aliphatic heterocycles. The van der Waals surface area contributed by atoms with Gasteiger partial charge in [-0.05, 0) is 38.1 Å². The maximum atomic E-state index is 15.1. The van der Waals surface area contributed by atoms with E-state index in [4.69, 9.17) is 0 Å². The highest BCUT2D eigenvalue weighted by atomic mass is 19.1. The van der Waals surface area contributed by atoms with Gasteiger partial charge in [0.1, 0.15) is 11.3 Å². The first-order chi connectivity index (χ1) is 14.4. The lowest BCUT2D eigenvalue weighted by atomic mass is 10.1. The van der Waals surface area contributed by atoms with Gasteiger partial charge < -0.3 is 15.3 Å². The first kappa shape index (κ1) is 18.8. The Balaban J connectivity index is 1.57. The normalized spacial score (nSPS) is 19.7. The summed E-state index contributed by atoms with van der Waals surface area (Å²) in [6, 6.07) is 11.4. The third kappa shape index (κ3) is 3.25. The average molecular weight is 405 g/mol. The van der Waals surface area contributed by atoms with Gasteiger partial charge in [0, 0.05) is 66.5 Å². The lowest BCUT2D eigenvalue weighted by molar-refractivity contribution is 0.407. The molecule has 2 aromatic carbocycles. The number of phenolic OH excluding ortho intramolecular Hbond substituents is 1. The SMILES string of the molecule is C[C@@H]1CN(c2cc(F)c3nc(-c4cc5cn(C)nc5cc4O)ccc3c2)C[C@@H](C)N1. The topological polar surface area (TPSA) is 66.2 Å². The van der Waals surface area contributed by atoms with E-state index in [1.807, 2.05) is 37.5 Å². The van der Waals surface area contributed by atoms with E-state index >= 15 is 4.39 Å². The number of nitrogens with one attached hydrogen (secondary N) is 1. The summed E-state index contributed by atoms with van der Waals surface area (Å²) in [5.41, 5.74) is 2.97.